The number of fused-ring (bicyclic) bond motifs is 4. The van der Waals surface area contributed by atoms with Crippen LogP contribution in [0.3, 0.4) is 0 Å². The van der Waals surface area contributed by atoms with Crippen LogP contribution in [0.5, 0.6) is 0 Å². The number of carboxylic acid groups (broad SMARTS) is 1. The zero-order chi connectivity index (χ0) is 22.3. The van der Waals surface area contributed by atoms with E-state index in [0.29, 0.717) is 23.6 Å². The van der Waals surface area contributed by atoms with Crippen LogP contribution in [0.2, 0.25) is 0 Å². The van der Waals surface area contributed by atoms with Crippen LogP contribution >= 0.6 is 0 Å². The highest BCUT2D eigenvalue weighted by Crippen LogP contribution is 2.59. The number of benzene rings is 1. The number of rotatable bonds is 3. The van der Waals surface area contributed by atoms with Crippen molar-refractivity contribution in [3.63, 3.8) is 0 Å². The van der Waals surface area contributed by atoms with Gasteiger partial charge in [-0.15, -0.1) is 0 Å². The molecule has 33 heavy (non-hydrogen) atoms. The van der Waals surface area contributed by atoms with E-state index in [0.717, 1.165) is 42.0 Å². The number of nitrogens with zero attached hydrogens (tertiary/aromatic N) is 3. The van der Waals surface area contributed by atoms with Crippen molar-refractivity contribution in [3.05, 3.63) is 40.3 Å². The molecule has 1 aromatic carbocycles. The summed E-state index contributed by atoms with van der Waals surface area (Å²) in [7, 11) is 0. The van der Waals surface area contributed by atoms with Crippen molar-refractivity contribution in [1.29, 1.82) is 0 Å². The minimum atomic E-state index is -1.23. The van der Waals surface area contributed by atoms with Crippen molar-refractivity contribution in [3.8, 4) is 0 Å². The molecule has 174 valence electrons. The highest BCUT2D eigenvalue weighted by molar-refractivity contribution is 5.88. The zero-order valence-electron chi connectivity index (χ0n) is 19.1. The van der Waals surface area contributed by atoms with Gasteiger partial charge in [0.05, 0.1) is 11.0 Å². The van der Waals surface area contributed by atoms with Gasteiger partial charge < -0.3 is 9.67 Å². The Morgan fingerprint density at radius 3 is 2.42 bits per heavy atom. The number of aromatic carboxylic acids is 1. The molecule has 5 aliphatic rings. The summed E-state index contributed by atoms with van der Waals surface area (Å²) in [5.74, 6) is 2.72. The van der Waals surface area contributed by atoms with E-state index in [1.54, 1.807) is 4.57 Å². The lowest BCUT2D eigenvalue weighted by atomic mass is 9.64. The Morgan fingerprint density at radius 2 is 1.64 bits per heavy atom. The zero-order valence-corrected chi connectivity index (χ0v) is 19.1. The van der Waals surface area contributed by atoms with E-state index < -0.39 is 11.5 Å². The summed E-state index contributed by atoms with van der Waals surface area (Å²) < 4.78 is 1.79. The van der Waals surface area contributed by atoms with Crippen LogP contribution in [0.4, 0.5) is 0 Å². The summed E-state index contributed by atoms with van der Waals surface area (Å²) in [5, 5.41) is 9.64. The number of para-hydroxylation sites is 2. The quantitative estimate of drug-likeness (QED) is 0.751. The maximum Gasteiger partial charge on any atom is 0.360 e. The number of carboxylic acids is 1. The Bertz CT molecular complexity index is 1160. The first-order valence-corrected chi connectivity index (χ1v) is 13.1. The summed E-state index contributed by atoms with van der Waals surface area (Å²) in [5.41, 5.74) is 0.586. The molecule has 3 saturated carbocycles. The van der Waals surface area contributed by atoms with Gasteiger partial charge in [-0.3, -0.25) is 9.69 Å². The van der Waals surface area contributed by atoms with E-state index in [4.69, 9.17) is 0 Å². The second-order valence-corrected chi connectivity index (χ2v) is 11.6. The van der Waals surface area contributed by atoms with Gasteiger partial charge >= 0.3 is 5.97 Å². The van der Waals surface area contributed by atoms with Crippen molar-refractivity contribution in [2.45, 2.75) is 88.4 Å². The largest absolute Gasteiger partial charge is 0.476 e. The Labute approximate surface area is 194 Å². The first-order chi connectivity index (χ1) is 16.1. The SMILES string of the molecule is O=C(O)c1nc2ccccc2n(C2C[C@H]3CCC[C@@H](C2)N3[C@@H]2C[C@@H]3CC4[C@@H](C3)C[C@H]4C2)c1=O. The second-order valence-electron chi connectivity index (χ2n) is 11.6. The average Bonchev–Trinajstić information content (AvgIpc) is 3.01. The van der Waals surface area contributed by atoms with E-state index in [9.17, 15) is 14.7 Å². The molecule has 2 saturated heterocycles. The smallest absolute Gasteiger partial charge is 0.360 e. The van der Waals surface area contributed by atoms with Gasteiger partial charge in [0.2, 0.25) is 5.69 Å². The van der Waals surface area contributed by atoms with Crippen LogP contribution in [0, 0.1) is 23.7 Å². The third-order valence-electron chi connectivity index (χ3n) is 10.0. The van der Waals surface area contributed by atoms with Gasteiger partial charge in [-0.2, -0.15) is 0 Å². The topological polar surface area (TPSA) is 75.4 Å². The molecule has 4 bridgehead atoms. The molecule has 1 N–H and O–H groups in total. The minimum absolute atomic E-state index is 0.0466. The van der Waals surface area contributed by atoms with Gasteiger partial charge in [0.15, 0.2) is 0 Å². The van der Waals surface area contributed by atoms with E-state index >= 15 is 0 Å². The van der Waals surface area contributed by atoms with Crippen molar-refractivity contribution in [2.75, 3.05) is 0 Å². The number of hydrogen-bond donors (Lipinski definition) is 1. The molecular weight excluding hydrogens is 414 g/mol. The molecule has 2 aliphatic heterocycles. The lowest BCUT2D eigenvalue weighted by Crippen LogP contribution is -2.58. The molecule has 6 nitrogen and oxygen atoms in total. The van der Waals surface area contributed by atoms with Gasteiger partial charge in [-0.05, 0) is 93.6 Å². The Hall–Kier alpha value is -2.21. The molecule has 8 atom stereocenters. The van der Waals surface area contributed by atoms with Crippen molar-refractivity contribution in [2.24, 2.45) is 23.7 Å². The van der Waals surface area contributed by atoms with E-state index in [-0.39, 0.29) is 11.7 Å². The van der Waals surface area contributed by atoms with Gasteiger partial charge in [0.25, 0.3) is 5.56 Å². The van der Waals surface area contributed by atoms with E-state index in [2.05, 4.69) is 9.88 Å². The molecule has 3 aliphatic carbocycles. The van der Waals surface area contributed by atoms with Crippen molar-refractivity contribution >= 4 is 17.0 Å². The summed E-state index contributed by atoms with van der Waals surface area (Å²) >= 11 is 0. The van der Waals surface area contributed by atoms with Crippen LogP contribution in [0.15, 0.2) is 29.1 Å². The predicted molar refractivity (Wildman–Crippen MR) is 125 cm³/mol. The van der Waals surface area contributed by atoms with Gasteiger partial charge in [0, 0.05) is 24.2 Å². The molecule has 6 heteroatoms. The Kier molecular flexibility index (Phi) is 4.52. The molecule has 0 spiro atoms. The Morgan fingerprint density at radius 1 is 0.879 bits per heavy atom. The standard InChI is InChI=1S/C27H33N3O3/c31-26-25(27(32)33)28-23-6-1-2-7-24(23)30(26)21-13-18-4-3-5-19(14-21)29(18)20-9-15-8-16-11-17(12-20)22(16)10-15/h1-2,6-7,15-22H,3-5,8-14H2,(H,32,33)/t15-,16+,17+,18-,19+,20-,21?,22?/m1/s1. The molecule has 0 amide bonds. The third kappa shape index (κ3) is 3.05. The lowest BCUT2D eigenvalue weighted by Gasteiger charge is -2.54. The first-order valence-electron chi connectivity index (χ1n) is 13.1. The Balaban J connectivity index is 1.23. The molecule has 2 unspecified atom stereocenters. The monoisotopic (exact) mass is 447 g/mol. The average molecular weight is 448 g/mol. The fraction of sp³-hybridized carbons (Fsp3) is 0.667. The number of carbonyl (C=O) groups is 1. The molecule has 7 rings (SSSR count). The summed E-state index contributed by atoms with van der Waals surface area (Å²) in [6, 6.07) is 9.29. The summed E-state index contributed by atoms with van der Waals surface area (Å²) in [4.78, 5) is 32.2. The molecule has 5 fully saturated rings. The maximum absolute atomic E-state index is 13.3. The van der Waals surface area contributed by atoms with Crippen molar-refractivity contribution in [1.82, 2.24) is 14.5 Å². The van der Waals surface area contributed by atoms with Crippen LogP contribution in [-0.2, 0) is 0 Å². The minimum Gasteiger partial charge on any atom is -0.476 e. The number of aromatic nitrogens is 2. The van der Waals surface area contributed by atoms with Crippen molar-refractivity contribution < 1.29 is 9.90 Å². The number of piperidine rings is 2. The normalized spacial score (nSPS) is 39.8. The van der Waals surface area contributed by atoms with E-state index in [1.165, 1.54) is 51.4 Å². The molecular formula is C27H33N3O3. The van der Waals surface area contributed by atoms with Crippen LogP contribution in [0.25, 0.3) is 11.0 Å². The van der Waals surface area contributed by atoms with Crippen LogP contribution in [0.1, 0.15) is 80.7 Å². The second kappa shape index (κ2) is 7.39. The maximum atomic E-state index is 13.3. The molecule has 1 aromatic heterocycles. The molecule has 3 heterocycles. The number of hydrogen-bond acceptors (Lipinski definition) is 4. The lowest BCUT2D eigenvalue weighted by molar-refractivity contribution is -0.0437. The van der Waals surface area contributed by atoms with Gasteiger partial charge in [0.1, 0.15) is 0 Å². The fourth-order valence-electron chi connectivity index (χ4n) is 8.88. The third-order valence-corrected chi connectivity index (χ3v) is 10.0. The summed E-state index contributed by atoms with van der Waals surface area (Å²) in [6.45, 7) is 0. The molecule has 0 radical (unpaired) electrons. The highest BCUT2D eigenvalue weighted by Gasteiger charge is 2.53. The van der Waals surface area contributed by atoms with Gasteiger partial charge in [-0.1, -0.05) is 18.6 Å². The highest BCUT2D eigenvalue weighted by atomic mass is 16.4. The van der Waals surface area contributed by atoms with Crippen LogP contribution < -0.4 is 5.56 Å². The van der Waals surface area contributed by atoms with Gasteiger partial charge in [-0.25, -0.2) is 9.78 Å². The molecule has 2 aromatic rings. The fourth-order valence-corrected chi connectivity index (χ4v) is 8.88. The van der Waals surface area contributed by atoms with Crippen LogP contribution in [-0.4, -0.2) is 43.7 Å². The predicted octanol–water partition coefficient (Wildman–Crippen LogP) is 4.48. The summed E-state index contributed by atoms with van der Waals surface area (Å²) in [6.07, 6.45) is 12.8. The van der Waals surface area contributed by atoms with E-state index in [1.807, 2.05) is 24.3 Å². The first kappa shape index (κ1) is 20.2.